The molecule has 0 spiro atoms. The van der Waals surface area contributed by atoms with Gasteiger partial charge in [0, 0.05) is 32.7 Å². The van der Waals surface area contributed by atoms with Gasteiger partial charge in [0.15, 0.2) is 12.0 Å². The lowest BCUT2D eigenvalue weighted by Gasteiger charge is -2.04. The van der Waals surface area contributed by atoms with Gasteiger partial charge in [0.25, 0.3) is 0 Å². The molecule has 124 valence electrons. The SMILES string of the molecule is O=Cc1oc2ccc(Cl)cc2c1-c1ccccc1C#Cc1ccccc1. The van der Waals surface area contributed by atoms with Crippen LogP contribution in [0.4, 0.5) is 0 Å². The van der Waals surface area contributed by atoms with Crippen LogP contribution in [0.25, 0.3) is 22.1 Å². The van der Waals surface area contributed by atoms with E-state index in [2.05, 4.69) is 11.8 Å². The van der Waals surface area contributed by atoms with Crippen LogP contribution in [0.1, 0.15) is 21.7 Å². The average Bonchev–Trinajstić information content (AvgIpc) is 3.05. The number of aldehydes is 1. The molecule has 0 N–H and O–H groups in total. The van der Waals surface area contributed by atoms with Gasteiger partial charge < -0.3 is 4.42 Å². The zero-order chi connectivity index (χ0) is 17.9. The second-order valence-electron chi connectivity index (χ2n) is 5.76. The van der Waals surface area contributed by atoms with E-state index in [0.29, 0.717) is 10.6 Å². The van der Waals surface area contributed by atoms with Crippen LogP contribution in [0.2, 0.25) is 5.02 Å². The quantitative estimate of drug-likeness (QED) is 0.327. The highest BCUT2D eigenvalue weighted by Gasteiger charge is 2.17. The van der Waals surface area contributed by atoms with E-state index in [9.17, 15) is 4.79 Å². The lowest BCUT2D eigenvalue weighted by atomic mass is 9.97. The normalized spacial score (nSPS) is 10.3. The maximum absolute atomic E-state index is 11.6. The largest absolute Gasteiger partial charge is 0.453 e. The smallest absolute Gasteiger partial charge is 0.186 e. The van der Waals surface area contributed by atoms with Gasteiger partial charge in [0.1, 0.15) is 5.58 Å². The van der Waals surface area contributed by atoms with Crippen LogP contribution in [0.15, 0.2) is 77.2 Å². The number of carbonyl (C=O) groups is 1. The number of hydrogen-bond acceptors (Lipinski definition) is 2. The number of rotatable bonds is 2. The molecule has 2 nitrogen and oxygen atoms in total. The van der Waals surface area contributed by atoms with Gasteiger partial charge in [-0.1, -0.05) is 59.8 Å². The van der Waals surface area contributed by atoms with Crippen LogP contribution >= 0.6 is 11.6 Å². The molecule has 3 heteroatoms. The minimum absolute atomic E-state index is 0.274. The predicted molar refractivity (Wildman–Crippen MR) is 104 cm³/mol. The molecule has 1 aromatic heterocycles. The minimum Gasteiger partial charge on any atom is -0.453 e. The molecule has 0 atom stereocenters. The highest BCUT2D eigenvalue weighted by Crippen LogP contribution is 2.37. The molecule has 0 unspecified atom stereocenters. The first-order chi connectivity index (χ1) is 12.8. The molecule has 4 rings (SSSR count). The van der Waals surface area contributed by atoms with Crippen molar-refractivity contribution in [3.63, 3.8) is 0 Å². The lowest BCUT2D eigenvalue weighted by molar-refractivity contribution is 0.110. The topological polar surface area (TPSA) is 30.2 Å². The van der Waals surface area contributed by atoms with Gasteiger partial charge in [-0.25, -0.2) is 0 Å². The van der Waals surface area contributed by atoms with Crippen LogP contribution in [0, 0.1) is 11.8 Å². The molecule has 0 saturated heterocycles. The van der Waals surface area contributed by atoms with Gasteiger partial charge in [-0.3, -0.25) is 4.79 Å². The summed E-state index contributed by atoms with van der Waals surface area (Å²) in [6.07, 6.45) is 0.727. The van der Waals surface area contributed by atoms with Gasteiger partial charge in [-0.15, -0.1) is 0 Å². The van der Waals surface area contributed by atoms with Crippen molar-refractivity contribution in [2.75, 3.05) is 0 Å². The zero-order valence-electron chi connectivity index (χ0n) is 13.7. The summed E-state index contributed by atoms with van der Waals surface area (Å²) in [5.41, 5.74) is 3.94. The number of fused-ring (bicyclic) bond motifs is 1. The van der Waals surface area contributed by atoms with E-state index >= 15 is 0 Å². The van der Waals surface area contributed by atoms with E-state index < -0.39 is 0 Å². The summed E-state index contributed by atoms with van der Waals surface area (Å²) in [5.74, 6) is 6.65. The van der Waals surface area contributed by atoms with Crippen LogP contribution in [0.5, 0.6) is 0 Å². The van der Waals surface area contributed by atoms with Crippen LogP contribution in [-0.2, 0) is 0 Å². The molecule has 4 aromatic rings. The Bertz CT molecular complexity index is 1160. The molecule has 0 aliphatic carbocycles. The van der Waals surface area contributed by atoms with Crippen molar-refractivity contribution in [3.8, 4) is 23.0 Å². The second kappa shape index (κ2) is 6.92. The maximum Gasteiger partial charge on any atom is 0.186 e. The first-order valence-electron chi connectivity index (χ1n) is 8.10. The summed E-state index contributed by atoms with van der Waals surface area (Å²) in [4.78, 5) is 11.6. The summed E-state index contributed by atoms with van der Waals surface area (Å²) >= 11 is 6.15. The molecule has 0 aliphatic heterocycles. The summed E-state index contributed by atoms with van der Waals surface area (Å²) < 4.78 is 5.70. The minimum atomic E-state index is 0.274. The summed E-state index contributed by atoms with van der Waals surface area (Å²) in [7, 11) is 0. The Morgan fingerprint density at radius 2 is 1.65 bits per heavy atom. The Balaban J connectivity index is 1.93. The molecule has 0 radical (unpaired) electrons. The van der Waals surface area contributed by atoms with Crippen LogP contribution < -0.4 is 0 Å². The van der Waals surface area contributed by atoms with Crippen molar-refractivity contribution in [1.82, 2.24) is 0 Å². The van der Waals surface area contributed by atoms with Crippen LogP contribution in [-0.4, -0.2) is 6.29 Å². The standard InChI is InChI=1S/C23H13ClO2/c24-18-12-13-21-20(14-18)23(22(15-25)26-21)19-9-5-4-8-17(19)11-10-16-6-2-1-3-7-16/h1-9,12-15H. The Morgan fingerprint density at radius 3 is 2.46 bits per heavy atom. The van der Waals surface area contributed by atoms with E-state index in [-0.39, 0.29) is 5.76 Å². The summed E-state index contributed by atoms with van der Waals surface area (Å²) in [6, 6.07) is 22.8. The molecule has 1 heterocycles. The van der Waals surface area contributed by atoms with E-state index in [1.165, 1.54) is 0 Å². The van der Waals surface area contributed by atoms with Crippen molar-refractivity contribution >= 4 is 28.9 Å². The summed E-state index contributed by atoms with van der Waals surface area (Å²) in [5, 5.41) is 1.39. The van der Waals surface area contributed by atoms with Crippen molar-refractivity contribution < 1.29 is 9.21 Å². The number of hydrogen-bond donors (Lipinski definition) is 0. The monoisotopic (exact) mass is 356 g/mol. The van der Waals surface area contributed by atoms with Gasteiger partial charge >= 0.3 is 0 Å². The molecule has 3 aromatic carbocycles. The van der Waals surface area contributed by atoms with Crippen molar-refractivity contribution in [3.05, 3.63) is 94.7 Å². The molecule has 0 aliphatic rings. The third-order valence-electron chi connectivity index (χ3n) is 4.10. The number of benzene rings is 3. The first-order valence-corrected chi connectivity index (χ1v) is 8.48. The van der Waals surface area contributed by atoms with E-state index in [4.69, 9.17) is 16.0 Å². The van der Waals surface area contributed by atoms with E-state index in [1.807, 2.05) is 60.7 Å². The van der Waals surface area contributed by atoms with Gasteiger partial charge in [0.05, 0.1) is 0 Å². The maximum atomic E-state index is 11.6. The van der Waals surface area contributed by atoms with E-state index in [0.717, 1.165) is 33.9 Å². The molecule has 26 heavy (non-hydrogen) atoms. The highest BCUT2D eigenvalue weighted by molar-refractivity contribution is 6.31. The predicted octanol–water partition coefficient (Wildman–Crippen LogP) is 5.97. The molecule has 0 saturated carbocycles. The molecule has 0 fully saturated rings. The highest BCUT2D eigenvalue weighted by atomic mass is 35.5. The Morgan fingerprint density at radius 1 is 0.885 bits per heavy atom. The van der Waals surface area contributed by atoms with Crippen molar-refractivity contribution in [1.29, 1.82) is 0 Å². The fourth-order valence-corrected chi connectivity index (χ4v) is 3.09. The molecular weight excluding hydrogens is 344 g/mol. The fourth-order valence-electron chi connectivity index (χ4n) is 2.92. The first kappa shape index (κ1) is 16.2. The van der Waals surface area contributed by atoms with Crippen molar-refractivity contribution in [2.24, 2.45) is 0 Å². The summed E-state index contributed by atoms with van der Waals surface area (Å²) in [6.45, 7) is 0. The molecule has 0 bridgehead atoms. The van der Waals surface area contributed by atoms with Gasteiger partial charge in [-0.05, 0) is 36.4 Å². The molecule has 0 amide bonds. The van der Waals surface area contributed by atoms with Crippen molar-refractivity contribution in [2.45, 2.75) is 0 Å². The Labute approximate surface area is 156 Å². The van der Waals surface area contributed by atoms with Gasteiger partial charge in [0.2, 0.25) is 0 Å². The lowest BCUT2D eigenvalue weighted by Crippen LogP contribution is -1.87. The second-order valence-corrected chi connectivity index (χ2v) is 6.20. The number of furan rings is 1. The van der Waals surface area contributed by atoms with Crippen LogP contribution in [0.3, 0.4) is 0 Å². The number of halogens is 1. The number of carbonyl (C=O) groups excluding carboxylic acids is 1. The average molecular weight is 357 g/mol. The molecular formula is C23H13ClO2. The Hall–Kier alpha value is -3.28. The fraction of sp³-hybridized carbons (Fsp3) is 0. The third-order valence-corrected chi connectivity index (χ3v) is 4.33. The zero-order valence-corrected chi connectivity index (χ0v) is 14.5. The Kier molecular flexibility index (Phi) is 4.31. The van der Waals surface area contributed by atoms with E-state index in [1.54, 1.807) is 12.1 Å². The third kappa shape index (κ3) is 3.01. The van der Waals surface area contributed by atoms with Gasteiger partial charge in [-0.2, -0.15) is 0 Å².